The van der Waals surface area contributed by atoms with E-state index in [0.717, 1.165) is 0 Å². The molecule has 2 aromatic rings. The van der Waals surface area contributed by atoms with Gasteiger partial charge in [0.05, 0.1) is 12.1 Å². The van der Waals surface area contributed by atoms with E-state index >= 15 is 0 Å². The first-order valence-electron chi connectivity index (χ1n) is 5.72. The predicted molar refractivity (Wildman–Crippen MR) is 74.0 cm³/mol. The summed E-state index contributed by atoms with van der Waals surface area (Å²) in [5.74, 6) is 0.985. The first kappa shape index (κ1) is 13.5. The molecule has 0 bridgehead atoms. The molecule has 0 saturated carbocycles. The number of sulfone groups is 1. The van der Waals surface area contributed by atoms with Gasteiger partial charge in [-0.25, -0.2) is 13.4 Å². The quantitative estimate of drug-likeness (QED) is 0.720. The van der Waals surface area contributed by atoms with Crippen molar-refractivity contribution >= 4 is 32.8 Å². The number of imidazole rings is 1. The van der Waals surface area contributed by atoms with E-state index in [-0.39, 0.29) is 11.8 Å². The van der Waals surface area contributed by atoms with Gasteiger partial charge in [0.15, 0.2) is 11.5 Å². The van der Waals surface area contributed by atoms with Crippen molar-refractivity contribution in [1.82, 2.24) is 19.9 Å². The molecule has 1 unspecified atom stereocenters. The van der Waals surface area contributed by atoms with Crippen molar-refractivity contribution in [1.29, 1.82) is 0 Å². The van der Waals surface area contributed by atoms with Gasteiger partial charge in [0.2, 0.25) is 5.95 Å². The van der Waals surface area contributed by atoms with Crippen LogP contribution in [0.4, 0.5) is 11.8 Å². The van der Waals surface area contributed by atoms with Gasteiger partial charge in [-0.2, -0.15) is 9.97 Å². The van der Waals surface area contributed by atoms with Crippen LogP contribution in [-0.2, 0) is 9.84 Å². The average molecular weight is 284 g/mol. The summed E-state index contributed by atoms with van der Waals surface area (Å²) in [5, 5.41) is 5.90. The molecule has 9 heteroatoms. The Morgan fingerprint density at radius 1 is 1.42 bits per heavy atom. The number of fused-ring (bicyclic) bond motifs is 1. The minimum atomic E-state index is -3.05. The summed E-state index contributed by atoms with van der Waals surface area (Å²) < 4.78 is 22.5. The second-order valence-electron chi connectivity index (χ2n) is 4.38. The fraction of sp³-hybridized carbons (Fsp3) is 0.500. The zero-order chi connectivity index (χ0) is 14.0. The SMILES string of the molecule is CNc1nc(NC(C)CS(C)(=O)=O)c2[nH]cnc2n1. The molecule has 2 heterocycles. The monoisotopic (exact) mass is 284 g/mol. The first-order chi connectivity index (χ1) is 8.89. The van der Waals surface area contributed by atoms with Crippen LogP contribution in [0, 0.1) is 0 Å². The van der Waals surface area contributed by atoms with E-state index in [1.54, 1.807) is 14.0 Å². The number of nitrogens with one attached hydrogen (secondary N) is 3. The molecule has 0 amide bonds. The first-order valence-corrected chi connectivity index (χ1v) is 7.78. The van der Waals surface area contributed by atoms with Crippen LogP contribution in [0.1, 0.15) is 6.92 Å². The smallest absolute Gasteiger partial charge is 0.226 e. The molecule has 8 nitrogen and oxygen atoms in total. The molecule has 2 aromatic heterocycles. The fourth-order valence-corrected chi connectivity index (χ4v) is 2.77. The summed E-state index contributed by atoms with van der Waals surface area (Å²) in [5.41, 5.74) is 1.17. The van der Waals surface area contributed by atoms with E-state index in [1.807, 2.05) is 0 Å². The standard InChI is InChI=1S/C10H16N6O2S/c1-6(4-19(3,17)18)14-9-7-8(13-5-12-7)15-10(11-2)16-9/h5-6H,4H2,1-3H3,(H3,11,12,13,14,15,16). The van der Waals surface area contributed by atoms with Gasteiger partial charge in [-0.1, -0.05) is 0 Å². The Hall–Kier alpha value is -1.90. The number of aromatic nitrogens is 4. The number of rotatable bonds is 5. The van der Waals surface area contributed by atoms with E-state index in [1.165, 1.54) is 12.6 Å². The van der Waals surface area contributed by atoms with Gasteiger partial charge in [0, 0.05) is 19.3 Å². The summed E-state index contributed by atoms with van der Waals surface area (Å²) in [6, 6.07) is -0.263. The van der Waals surface area contributed by atoms with Gasteiger partial charge in [-0.15, -0.1) is 0 Å². The van der Waals surface area contributed by atoms with E-state index in [2.05, 4.69) is 30.6 Å². The molecule has 19 heavy (non-hydrogen) atoms. The average Bonchev–Trinajstić information content (AvgIpc) is 2.74. The van der Waals surface area contributed by atoms with Gasteiger partial charge in [-0.05, 0) is 6.92 Å². The number of aromatic amines is 1. The maximum absolute atomic E-state index is 11.3. The molecule has 0 aliphatic carbocycles. The van der Waals surface area contributed by atoms with Gasteiger partial charge >= 0.3 is 0 Å². The molecule has 0 spiro atoms. The van der Waals surface area contributed by atoms with Crippen LogP contribution in [-0.4, -0.2) is 53.5 Å². The molecule has 0 aliphatic heterocycles. The summed E-state index contributed by atoms with van der Waals surface area (Å²) >= 11 is 0. The molecule has 0 radical (unpaired) electrons. The molecule has 0 fully saturated rings. The van der Waals surface area contributed by atoms with Gasteiger partial charge < -0.3 is 15.6 Å². The van der Waals surface area contributed by atoms with Crippen LogP contribution >= 0.6 is 0 Å². The Bertz CT molecular complexity index is 680. The third kappa shape index (κ3) is 3.31. The lowest BCUT2D eigenvalue weighted by Gasteiger charge is -2.14. The third-order valence-corrected chi connectivity index (χ3v) is 3.55. The second kappa shape index (κ2) is 5.00. The van der Waals surface area contributed by atoms with Crippen LogP contribution in [0.5, 0.6) is 0 Å². The maximum atomic E-state index is 11.3. The molecule has 104 valence electrons. The van der Waals surface area contributed by atoms with Crippen molar-refractivity contribution in [2.45, 2.75) is 13.0 Å². The van der Waals surface area contributed by atoms with E-state index < -0.39 is 9.84 Å². The third-order valence-electron chi connectivity index (χ3n) is 2.45. The lowest BCUT2D eigenvalue weighted by molar-refractivity contribution is 0.598. The number of anilines is 2. The fourth-order valence-electron chi connectivity index (χ4n) is 1.78. The van der Waals surface area contributed by atoms with E-state index in [0.29, 0.717) is 22.9 Å². The van der Waals surface area contributed by atoms with Crippen LogP contribution in [0.15, 0.2) is 6.33 Å². The lowest BCUT2D eigenvalue weighted by Crippen LogP contribution is -2.25. The number of H-pyrrole nitrogens is 1. The highest BCUT2D eigenvalue weighted by atomic mass is 32.2. The van der Waals surface area contributed by atoms with Gasteiger partial charge in [0.1, 0.15) is 15.4 Å². The normalized spacial score (nSPS) is 13.4. The largest absolute Gasteiger partial charge is 0.365 e. The van der Waals surface area contributed by atoms with Crippen molar-refractivity contribution in [2.24, 2.45) is 0 Å². The summed E-state index contributed by atoms with van der Waals surface area (Å²) in [6.07, 6.45) is 2.72. The molecule has 0 aliphatic rings. The molecule has 2 rings (SSSR count). The van der Waals surface area contributed by atoms with Crippen LogP contribution in [0.2, 0.25) is 0 Å². The van der Waals surface area contributed by atoms with E-state index in [4.69, 9.17) is 0 Å². The van der Waals surface area contributed by atoms with Crippen molar-refractivity contribution in [3.63, 3.8) is 0 Å². The second-order valence-corrected chi connectivity index (χ2v) is 6.57. The Kier molecular flexibility index (Phi) is 3.56. The molecule has 1 atom stereocenters. The topological polar surface area (TPSA) is 113 Å². The highest BCUT2D eigenvalue weighted by Gasteiger charge is 2.14. The lowest BCUT2D eigenvalue weighted by atomic mass is 10.3. The van der Waals surface area contributed by atoms with E-state index in [9.17, 15) is 8.42 Å². The van der Waals surface area contributed by atoms with Crippen LogP contribution in [0.25, 0.3) is 11.2 Å². The molecule has 0 aromatic carbocycles. The van der Waals surface area contributed by atoms with Crippen molar-refractivity contribution < 1.29 is 8.42 Å². The van der Waals surface area contributed by atoms with Crippen molar-refractivity contribution in [3.8, 4) is 0 Å². The molecule has 3 N–H and O–H groups in total. The summed E-state index contributed by atoms with van der Waals surface area (Å²) in [7, 11) is -1.34. The number of hydrogen-bond donors (Lipinski definition) is 3. The zero-order valence-electron chi connectivity index (χ0n) is 10.9. The van der Waals surface area contributed by atoms with Crippen molar-refractivity contribution in [3.05, 3.63) is 6.33 Å². The Morgan fingerprint density at radius 2 is 2.16 bits per heavy atom. The zero-order valence-corrected chi connectivity index (χ0v) is 11.7. The van der Waals surface area contributed by atoms with Crippen LogP contribution < -0.4 is 10.6 Å². The Balaban J connectivity index is 2.31. The molecular weight excluding hydrogens is 268 g/mol. The van der Waals surface area contributed by atoms with Crippen molar-refractivity contribution in [2.75, 3.05) is 29.7 Å². The minimum Gasteiger partial charge on any atom is -0.365 e. The highest BCUT2D eigenvalue weighted by molar-refractivity contribution is 7.90. The Morgan fingerprint density at radius 3 is 2.79 bits per heavy atom. The Labute approximate surface area is 111 Å². The predicted octanol–water partition coefficient (Wildman–Crippen LogP) is 0.240. The molecular formula is C10H16N6O2S. The minimum absolute atomic E-state index is 0.0293. The molecule has 0 saturated heterocycles. The number of nitrogens with zero attached hydrogens (tertiary/aromatic N) is 3. The number of hydrogen-bond acceptors (Lipinski definition) is 7. The summed E-state index contributed by atoms with van der Waals surface area (Å²) in [4.78, 5) is 15.4. The van der Waals surface area contributed by atoms with Gasteiger partial charge in [0.25, 0.3) is 0 Å². The highest BCUT2D eigenvalue weighted by Crippen LogP contribution is 2.19. The van der Waals surface area contributed by atoms with Crippen LogP contribution in [0.3, 0.4) is 0 Å². The van der Waals surface area contributed by atoms with Gasteiger partial charge in [-0.3, -0.25) is 0 Å². The summed E-state index contributed by atoms with van der Waals surface area (Å²) in [6.45, 7) is 1.78. The maximum Gasteiger partial charge on any atom is 0.226 e.